The zero-order valence-corrected chi connectivity index (χ0v) is 19.4. The highest BCUT2D eigenvalue weighted by Crippen LogP contribution is 2.24. The Morgan fingerprint density at radius 3 is 1.88 bits per heavy atom. The van der Waals surface area contributed by atoms with Gasteiger partial charge in [0.1, 0.15) is 5.75 Å². The molecule has 0 aliphatic heterocycles. The molecule has 0 heterocycles. The van der Waals surface area contributed by atoms with Gasteiger partial charge in [-0.2, -0.15) is 0 Å². The van der Waals surface area contributed by atoms with Gasteiger partial charge in [0.05, 0.1) is 12.5 Å². The predicted molar refractivity (Wildman–Crippen MR) is 133 cm³/mol. The van der Waals surface area contributed by atoms with E-state index in [0.29, 0.717) is 23.8 Å². The number of hydrogen-bond acceptors (Lipinski definition) is 4. The minimum absolute atomic E-state index is 0.00194. The lowest BCUT2D eigenvalue weighted by Gasteiger charge is -2.19. The van der Waals surface area contributed by atoms with Gasteiger partial charge in [-0.25, -0.2) is 0 Å². The fourth-order valence-electron chi connectivity index (χ4n) is 3.15. The van der Waals surface area contributed by atoms with Gasteiger partial charge in [0.25, 0.3) is 5.91 Å². The molecule has 0 spiro atoms. The fourth-order valence-corrected chi connectivity index (χ4v) is 3.30. The number of thiocarbonyl (C=S) groups is 1. The second-order valence-corrected chi connectivity index (χ2v) is 8.29. The molecule has 0 bridgehead atoms. The second kappa shape index (κ2) is 11.8. The van der Waals surface area contributed by atoms with Crippen LogP contribution in [-0.4, -0.2) is 23.5 Å². The number of hydrogen-bond donors (Lipinski definition) is 3. The second-order valence-electron chi connectivity index (χ2n) is 7.88. The lowest BCUT2D eigenvalue weighted by molar-refractivity contribution is -0.120. The molecule has 0 aliphatic carbocycles. The van der Waals surface area contributed by atoms with Crippen LogP contribution in [-0.2, 0) is 4.79 Å². The molecule has 170 valence electrons. The quantitative estimate of drug-likeness (QED) is 0.363. The molecule has 0 aliphatic rings. The normalized spacial score (nSPS) is 10.5. The largest absolute Gasteiger partial charge is 0.493 e. The standard InChI is InChI=1S/C26H27N3O3S/c1-18(2)17-32-22-15-13-21(14-16-22)24(30)28-29-26(33)27-25(31)23(19-9-5-3-6-10-19)20-11-7-4-8-12-20/h3-16,18,23H,17H2,1-2H3,(H,28,30)(H2,27,29,31,33). The molecule has 3 aromatic carbocycles. The van der Waals surface area contributed by atoms with Crippen LogP contribution in [0.5, 0.6) is 5.75 Å². The number of amides is 2. The van der Waals surface area contributed by atoms with Crippen molar-refractivity contribution in [2.45, 2.75) is 19.8 Å². The Morgan fingerprint density at radius 2 is 1.36 bits per heavy atom. The van der Waals surface area contributed by atoms with Crippen molar-refractivity contribution < 1.29 is 14.3 Å². The van der Waals surface area contributed by atoms with Crippen LogP contribution in [0.25, 0.3) is 0 Å². The summed E-state index contributed by atoms with van der Waals surface area (Å²) in [7, 11) is 0. The van der Waals surface area contributed by atoms with Crippen LogP contribution in [0, 0.1) is 5.92 Å². The van der Waals surface area contributed by atoms with Gasteiger partial charge >= 0.3 is 0 Å². The van der Waals surface area contributed by atoms with Crippen molar-refractivity contribution in [3.05, 3.63) is 102 Å². The first kappa shape index (κ1) is 23.9. The van der Waals surface area contributed by atoms with Crippen LogP contribution >= 0.6 is 12.2 Å². The van der Waals surface area contributed by atoms with Gasteiger partial charge in [-0.05, 0) is 53.5 Å². The van der Waals surface area contributed by atoms with Crippen LogP contribution < -0.4 is 20.9 Å². The van der Waals surface area contributed by atoms with Crippen LogP contribution in [0.2, 0.25) is 0 Å². The van der Waals surface area contributed by atoms with E-state index in [2.05, 4.69) is 30.0 Å². The summed E-state index contributed by atoms with van der Waals surface area (Å²) < 4.78 is 5.62. The van der Waals surface area contributed by atoms with Crippen molar-refractivity contribution in [1.29, 1.82) is 0 Å². The third-order valence-electron chi connectivity index (χ3n) is 4.75. The number of ether oxygens (including phenoxy) is 1. The molecule has 0 radical (unpaired) electrons. The molecule has 0 fully saturated rings. The van der Waals surface area contributed by atoms with Gasteiger partial charge in [0, 0.05) is 5.56 Å². The van der Waals surface area contributed by atoms with E-state index in [4.69, 9.17) is 17.0 Å². The minimum Gasteiger partial charge on any atom is -0.493 e. The molecule has 3 aromatic rings. The van der Waals surface area contributed by atoms with E-state index >= 15 is 0 Å². The lowest BCUT2D eigenvalue weighted by atomic mass is 9.90. The highest BCUT2D eigenvalue weighted by Gasteiger charge is 2.23. The highest BCUT2D eigenvalue weighted by atomic mass is 32.1. The molecular formula is C26H27N3O3S. The number of nitrogens with one attached hydrogen (secondary N) is 3. The number of carbonyl (C=O) groups is 2. The van der Waals surface area contributed by atoms with E-state index in [-0.39, 0.29) is 16.9 Å². The molecule has 33 heavy (non-hydrogen) atoms. The van der Waals surface area contributed by atoms with E-state index in [9.17, 15) is 9.59 Å². The Bertz CT molecular complexity index is 1030. The van der Waals surface area contributed by atoms with Gasteiger partial charge in [-0.15, -0.1) is 0 Å². The summed E-state index contributed by atoms with van der Waals surface area (Å²) in [5, 5.41) is 2.67. The summed E-state index contributed by atoms with van der Waals surface area (Å²) >= 11 is 5.22. The number of benzene rings is 3. The molecule has 3 rings (SSSR count). The molecule has 6 nitrogen and oxygen atoms in total. The third kappa shape index (κ3) is 7.15. The average molecular weight is 462 g/mol. The molecule has 0 unspecified atom stereocenters. The zero-order valence-electron chi connectivity index (χ0n) is 18.6. The maximum Gasteiger partial charge on any atom is 0.269 e. The molecule has 0 saturated heterocycles. The smallest absolute Gasteiger partial charge is 0.269 e. The van der Waals surface area contributed by atoms with E-state index in [1.165, 1.54) is 0 Å². The van der Waals surface area contributed by atoms with Crippen molar-refractivity contribution in [3.8, 4) is 5.75 Å². The first-order chi connectivity index (χ1) is 15.9. The molecule has 3 N–H and O–H groups in total. The third-order valence-corrected chi connectivity index (χ3v) is 4.96. The van der Waals surface area contributed by atoms with Crippen molar-refractivity contribution in [1.82, 2.24) is 16.2 Å². The summed E-state index contributed by atoms with van der Waals surface area (Å²) in [4.78, 5) is 25.5. The number of carbonyl (C=O) groups excluding carboxylic acids is 2. The molecule has 0 aromatic heterocycles. The Labute approximate surface area is 199 Å². The first-order valence-electron chi connectivity index (χ1n) is 10.7. The summed E-state index contributed by atoms with van der Waals surface area (Å²) in [5.74, 6) is -0.114. The predicted octanol–water partition coefficient (Wildman–Crippen LogP) is 4.19. The van der Waals surface area contributed by atoms with E-state index in [1.54, 1.807) is 24.3 Å². The van der Waals surface area contributed by atoms with Crippen molar-refractivity contribution in [2.24, 2.45) is 5.92 Å². The van der Waals surface area contributed by atoms with Crippen LogP contribution in [0.15, 0.2) is 84.9 Å². The molecule has 0 saturated carbocycles. The molecule has 0 atom stereocenters. The molecular weight excluding hydrogens is 434 g/mol. The maximum absolute atomic E-state index is 13.1. The fraction of sp³-hybridized carbons (Fsp3) is 0.192. The summed E-state index contributed by atoms with van der Waals surface area (Å²) in [6.45, 7) is 4.74. The van der Waals surface area contributed by atoms with Crippen molar-refractivity contribution >= 4 is 29.1 Å². The first-order valence-corrected chi connectivity index (χ1v) is 11.1. The average Bonchev–Trinajstić information content (AvgIpc) is 2.83. The summed E-state index contributed by atoms with van der Waals surface area (Å²) in [5.41, 5.74) is 7.21. The van der Waals surface area contributed by atoms with E-state index < -0.39 is 5.92 Å². The Balaban J connectivity index is 1.58. The van der Waals surface area contributed by atoms with Gasteiger partial charge in [0.15, 0.2) is 5.11 Å². The summed E-state index contributed by atoms with van der Waals surface area (Å²) in [6, 6.07) is 25.7. The Morgan fingerprint density at radius 1 is 0.818 bits per heavy atom. The lowest BCUT2D eigenvalue weighted by Crippen LogP contribution is -2.49. The van der Waals surface area contributed by atoms with Crippen LogP contribution in [0.4, 0.5) is 0 Å². The van der Waals surface area contributed by atoms with Crippen LogP contribution in [0.1, 0.15) is 41.3 Å². The topological polar surface area (TPSA) is 79.5 Å². The maximum atomic E-state index is 13.1. The monoisotopic (exact) mass is 461 g/mol. The van der Waals surface area contributed by atoms with Crippen molar-refractivity contribution in [3.63, 3.8) is 0 Å². The van der Waals surface area contributed by atoms with Gasteiger partial charge in [-0.3, -0.25) is 20.4 Å². The minimum atomic E-state index is -0.541. The van der Waals surface area contributed by atoms with Crippen molar-refractivity contribution in [2.75, 3.05) is 6.61 Å². The SMILES string of the molecule is CC(C)COc1ccc(C(=O)NNC(=S)NC(=O)C(c2ccccc2)c2ccccc2)cc1. The number of hydrazine groups is 1. The van der Waals surface area contributed by atoms with Gasteiger partial charge in [-0.1, -0.05) is 74.5 Å². The molecule has 7 heteroatoms. The zero-order chi connectivity index (χ0) is 23.6. The van der Waals surface area contributed by atoms with Gasteiger partial charge in [0.2, 0.25) is 5.91 Å². The summed E-state index contributed by atoms with van der Waals surface area (Å²) in [6.07, 6.45) is 0. The van der Waals surface area contributed by atoms with E-state index in [1.807, 2.05) is 60.7 Å². The molecule has 2 amide bonds. The Hall–Kier alpha value is -3.71. The van der Waals surface area contributed by atoms with Crippen LogP contribution in [0.3, 0.4) is 0 Å². The van der Waals surface area contributed by atoms with E-state index in [0.717, 1.165) is 11.1 Å². The van der Waals surface area contributed by atoms with Gasteiger partial charge < -0.3 is 10.1 Å². The highest BCUT2D eigenvalue weighted by molar-refractivity contribution is 7.80. The number of rotatable bonds is 7. The Kier molecular flexibility index (Phi) is 8.55.